The Morgan fingerprint density at radius 1 is 1.42 bits per heavy atom. The average molecular weight is 262 g/mol. The van der Waals surface area contributed by atoms with Crippen molar-refractivity contribution in [3.63, 3.8) is 0 Å². The van der Waals surface area contributed by atoms with Crippen LogP contribution in [0.25, 0.3) is 0 Å². The summed E-state index contributed by atoms with van der Waals surface area (Å²) in [6.07, 6.45) is 1.78. The minimum atomic E-state index is -0.586. The summed E-state index contributed by atoms with van der Waals surface area (Å²) < 4.78 is 0. The van der Waals surface area contributed by atoms with Gasteiger partial charge in [-0.05, 0) is 32.4 Å². The van der Waals surface area contributed by atoms with Crippen molar-refractivity contribution in [1.82, 2.24) is 9.88 Å². The molecule has 1 aromatic heterocycles. The molecule has 1 aromatic rings. The van der Waals surface area contributed by atoms with Crippen molar-refractivity contribution in [1.29, 1.82) is 0 Å². The SMILES string of the molecule is Cc1ccnc(N2CCN(C)C(=O)C2(C)C)c1CN. The Kier molecular flexibility index (Phi) is 3.49. The maximum absolute atomic E-state index is 12.3. The van der Waals surface area contributed by atoms with Crippen molar-refractivity contribution in [3.8, 4) is 0 Å². The molecule has 1 saturated heterocycles. The fourth-order valence-corrected chi connectivity index (χ4v) is 2.64. The first kappa shape index (κ1) is 13.8. The van der Waals surface area contributed by atoms with E-state index in [0.717, 1.165) is 23.5 Å². The van der Waals surface area contributed by atoms with Gasteiger partial charge in [0.1, 0.15) is 11.4 Å². The molecule has 0 saturated carbocycles. The van der Waals surface area contributed by atoms with Gasteiger partial charge in [-0.1, -0.05) is 0 Å². The highest BCUT2D eigenvalue weighted by atomic mass is 16.2. The normalized spacial score (nSPS) is 18.9. The number of carbonyl (C=O) groups excluding carboxylic acids is 1. The number of nitrogens with two attached hydrogens (primary N) is 1. The first-order valence-corrected chi connectivity index (χ1v) is 6.57. The highest BCUT2D eigenvalue weighted by Gasteiger charge is 2.41. The monoisotopic (exact) mass is 262 g/mol. The Morgan fingerprint density at radius 2 is 2.11 bits per heavy atom. The highest BCUT2D eigenvalue weighted by molar-refractivity contribution is 5.90. The van der Waals surface area contributed by atoms with E-state index >= 15 is 0 Å². The summed E-state index contributed by atoms with van der Waals surface area (Å²) in [4.78, 5) is 20.7. The lowest BCUT2D eigenvalue weighted by atomic mass is 9.96. The number of carbonyl (C=O) groups is 1. The van der Waals surface area contributed by atoms with Gasteiger partial charge in [0.05, 0.1) is 0 Å². The molecule has 0 aromatic carbocycles. The molecular formula is C14H22N4O. The zero-order valence-electron chi connectivity index (χ0n) is 12.1. The molecule has 0 unspecified atom stereocenters. The maximum atomic E-state index is 12.3. The second kappa shape index (κ2) is 4.81. The number of anilines is 1. The van der Waals surface area contributed by atoms with Gasteiger partial charge in [-0.2, -0.15) is 0 Å². The summed E-state index contributed by atoms with van der Waals surface area (Å²) in [5.74, 6) is 0.957. The molecule has 19 heavy (non-hydrogen) atoms. The van der Waals surface area contributed by atoms with Gasteiger partial charge in [0.15, 0.2) is 0 Å². The van der Waals surface area contributed by atoms with Crippen LogP contribution in [0.4, 0.5) is 5.82 Å². The summed E-state index contributed by atoms with van der Waals surface area (Å²) in [6.45, 7) is 7.83. The van der Waals surface area contributed by atoms with Crippen molar-refractivity contribution in [2.75, 3.05) is 25.0 Å². The van der Waals surface area contributed by atoms with Crippen molar-refractivity contribution >= 4 is 11.7 Å². The molecular weight excluding hydrogens is 240 g/mol. The molecule has 2 N–H and O–H groups in total. The van der Waals surface area contributed by atoms with E-state index in [1.807, 2.05) is 33.9 Å². The number of likely N-dealkylation sites (N-methyl/N-ethyl adjacent to an activating group) is 1. The number of hydrogen-bond donors (Lipinski definition) is 1. The molecule has 1 aliphatic heterocycles. The zero-order valence-corrected chi connectivity index (χ0v) is 12.1. The van der Waals surface area contributed by atoms with Crippen LogP contribution in [0, 0.1) is 6.92 Å². The first-order valence-electron chi connectivity index (χ1n) is 6.57. The summed E-state index contributed by atoms with van der Waals surface area (Å²) >= 11 is 0. The fraction of sp³-hybridized carbons (Fsp3) is 0.571. The molecule has 2 rings (SSSR count). The Bertz CT molecular complexity index is 498. The molecule has 0 bridgehead atoms. The summed E-state index contributed by atoms with van der Waals surface area (Å²) in [6, 6.07) is 1.95. The van der Waals surface area contributed by atoms with Crippen molar-refractivity contribution in [2.24, 2.45) is 5.73 Å². The minimum absolute atomic E-state index is 0.116. The predicted molar refractivity (Wildman–Crippen MR) is 75.9 cm³/mol. The smallest absolute Gasteiger partial charge is 0.247 e. The number of pyridine rings is 1. The summed E-state index contributed by atoms with van der Waals surface area (Å²) in [5, 5.41) is 0. The van der Waals surface area contributed by atoms with Crippen LogP contribution in [-0.2, 0) is 11.3 Å². The number of amides is 1. The zero-order chi connectivity index (χ0) is 14.2. The number of aryl methyl sites for hydroxylation is 1. The Hall–Kier alpha value is -1.62. The van der Waals surface area contributed by atoms with Crippen LogP contribution in [0.3, 0.4) is 0 Å². The van der Waals surface area contributed by atoms with Gasteiger partial charge >= 0.3 is 0 Å². The third kappa shape index (κ3) is 2.18. The Balaban J connectivity index is 2.47. The number of piperazine rings is 1. The fourth-order valence-electron chi connectivity index (χ4n) is 2.64. The quantitative estimate of drug-likeness (QED) is 0.860. The molecule has 5 nitrogen and oxygen atoms in total. The van der Waals surface area contributed by atoms with E-state index in [-0.39, 0.29) is 5.91 Å². The van der Waals surface area contributed by atoms with E-state index in [0.29, 0.717) is 13.1 Å². The number of aromatic nitrogens is 1. The van der Waals surface area contributed by atoms with Gasteiger partial charge in [-0.25, -0.2) is 4.98 Å². The number of rotatable bonds is 2. The van der Waals surface area contributed by atoms with E-state index in [1.165, 1.54) is 0 Å². The van der Waals surface area contributed by atoms with Crippen LogP contribution in [0.15, 0.2) is 12.3 Å². The van der Waals surface area contributed by atoms with Crippen molar-refractivity contribution in [3.05, 3.63) is 23.4 Å². The molecule has 1 aliphatic rings. The summed E-state index contributed by atoms with van der Waals surface area (Å²) in [7, 11) is 1.84. The van der Waals surface area contributed by atoms with E-state index < -0.39 is 5.54 Å². The van der Waals surface area contributed by atoms with Crippen LogP contribution in [0.2, 0.25) is 0 Å². The van der Waals surface area contributed by atoms with Crippen LogP contribution in [-0.4, -0.2) is 41.5 Å². The minimum Gasteiger partial charge on any atom is -0.342 e. The van der Waals surface area contributed by atoms with Crippen molar-refractivity contribution < 1.29 is 4.79 Å². The topological polar surface area (TPSA) is 62.5 Å². The van der Waals surface area contributed by atoms with Gasteiger partial charge < -0.3 is 15.5 Å². The molecule has 2 heterocycles. The lowest BCUT2D eigenvalue weighted by molar-refractivity contribution is -0.136. The van der Waals surface area contributed by atoms with Gasteiger partial charge in [0.2, 0.25) is 5.91 Å². The summed E-state index contributed by atoms with van der Waals surface area (Å²) in [5.41, 5.74) is 7.40. The Morgan fingerprint density at radius 3 is 2.74 bits per heavy atom. The van der Waals surface area contributed by atoms with E-state index in [1.54, 1.807) is 11.1 Å². The standard InChI is InChI=1S/C14H22N4O/c1-10-5-6-16-12(11(10)9-15)18-8-7-17(4)13(19)14(18,2)3/h5-6H,7-9,15H2,1-4H3. The van der Waals surface area contributed by atoms with E-state index in [4.69, 9.17) is 5.73 Å². The first-order chi connectivity index (χ1) is 8.89. The molecule has 0 atom stereocenters. The molecule has 0 radical (unpaired) electrons. The predicted octanol–water partition coefficient (Wildman–Crippen LogP) is 0.906. The largest absolute Gasteiger partial charge is 0.342 e. The molecule has 1 fully saturated rings. The third-order valence-electron chi connectivity index (χ3n) is 3.93. The van der Waals surface area contributed by atoms with Gasteiger partial charge in [-0.15, -0.1) is 0 Å². The van der Waals surface area contributed by atoms with Crippen LogP contribution in [0.5, 0.6) is 0 Å². The van der Waals surface area contributed by atoms with Crippen LogP contribution < -0.4 is 10.6 Å². The van der Waals surface area contributed by atoms with Crippen molar-refractivity contribution in [2.45, 2.75) is 32.9 Å². The number of nitrogens with zero attached hydrogens (tertiary/aromatic N) is 3. The molecule has 5 heteroatoms. The average Bonchev–Trinajstić information content (AvgIpc) is 2.36. The van der Waals surface area contributed by atoms with Gasteiger partial charge in [0.25, 0.3) is 0 Å². The Labute approximate surface area is 114 Å². The highest BCUT2D eigenvalue weighted by Crippen LogP contribution is 2.30. The third-order valence-corrected chi connectivity index (χ3v) is 3.93. The maximum Gasteiger partial charge on any atom is 0.247 e. The number of hydrogen-bond acceptors (Lipinski definition) is 4. The molecule has 0 aliphatic carbocycles. The molecule has 1 amide bonds. The van der Waals surface area contributed by atoms with E-state index in [9.17, 15) is 4.79 Å². The second-order valence-corrected chi connectivity index (χ2v) is 5.57. The van der Waals surface area contributed by atoms with Crippen LogP contribution >= 0.6 is 0 Å². The second-order valence-electron chi connectivity index (χ2n) is 5.57. The lowest BCUT2D eigenvalue weighted by Crippen LogP contribution is -2.62. The molecule has 104 valence electrons. The van der Waals surface area contributed by atoms with Crippen LogP contribution in [0.1, 0.15) is 25.0 Å². The van der Waals surface area contributed by atoms with E-state index in [2.05, 4.69) is 9.88 Å². The molecule has 0 spiro atoms. The van der Waals surface area contributed by atoms with Gasteiger partial charge in [-0.3, -0.25) is 4.79 Å². The lowest BCUT2D eigenvalue weighted by Gasteiger charge is -2.46. The van der Waals surface area contributed by atoms with Gasteiger partial charge in [0, 0.05) is 38.4 Å².